The third kappa shape index (κ3) is 4.24. The van der Waals surface area contributed by atoms with Gasteiger partial charge in [-0.2, -0.15) is 0 Å². The number of anilines is 2. The van der Waals surface area contributed by atoms with E-state index in [2.05, 4.69) is 22.2 Å². The maximum absolute atomic E-state index is 13.2. The van der Waals surface area contributed by atoms with Crippen LogP contribution in [0.4, 0.5) is 17.1 Å². The number of benzene rings is 3. The first kappa shape index (κ1) is 23.7. The number of ether oxygens (including phenoxy) is 2. The zero-order valence-corrected chi connectivity index (χ0v) is 20.5. The molecule has 0 saturated heterocycles. The molecule has 3 aromatic carbocycles. The van der Waals surface area contributed by atoms with Gasteiger partial charge in [-0.3, -0.25) is 14.8 Å². The van der Waals surface area contributed by atoms with Crippen molar-refractivity contribution in [1.82, 2.24) is 0 Å². The van der Waals surface area contributed by atoms with E-state index in [9.17, 15) is 18.5 Å². The summed E-state index contributed by atoms with van der Waals surface area (Å²) in [5.41, 5.74) is 3.11. The number of nitro groups is 1. The highest BCUT2D eigenvalue weighted by Crippen LogP contribution is 2.50. The molecule has 0 fully saturated rings. The second kappa shape index (κ2) is 9.19. The van der Waals surface area contributed by atoms with Crippen LogP contribution in [0.2, 0.25) is 0 Å². The zero-order valence-electron chi connectivity index (χ0n) is 19.7. The molecule has 3 aromatic rings. The monoisotopic (exact) mass is 507 g/mol. The van der Waals surface area contributed by atoms with Crippen molar-refractivity contribution in [3.63, 3.8) is 0 Å². The fourth-order valence-electron chi connectivity index (χ4n) is 4.99. The van der Waals surface area contributed by atoms with Crippen molar-refractivity contribution in [2.24, 2.45) is 5.92 Å². The van der Waals surface area contributed by atoms with E-state index in [4.69, 9.17) is 9.47 Å². The van der Waals surface area contributed by atoms with E-state index >= 15 is 0 Å². The van der Waals surface area contributed by atoms with Crippen LogP contribution in [0.15, 0.2) is 77.7 Å². The maximum atomic E-state index is 13.2. The standard InChI is InChI=1S/C26H25N3O6S/c1-34-24-13-8-17(14-25(24)35-2)28-36(32,33)19-11-12-23-22(15-19)20-4-3-5-21(20)26(27-23)16-6-9-18(10-7-16)29(30)31/h3-4,6-15,20-21,26-28H,5H2,1-2H3/t20-,21+,26+/m0/s1. The topological polar surface area (TPSA) is 120 Å². The Morgan fingerprint density at radius 3 is 2.44 bits per heavy atom. The number of nitrogens with zero attached hydrogens (tertiary/aromatic N) is 1. The molecule has 2 aliphatic rings. The lowest BCUT2D eigenvalue weighted by Gasteiger charge is -2.37. The molecular weight excluding hydrogens is 482 g/mol. The Balaban J connectivity index is 1.44. The van der Waals surface area contributed by atoms with Crippen molar-refractivity contribution in [1.29, 1.82) is 0 Å². The first-order chi connectivity index (χ1) is 17.3. The number of rotatable bonds is 7. The van der Waals surface area contributed by atoms with Crippen molar-refractivity contribution in [2.45, 2.75) is 23.3 Å². The Morgan fingerprint density at radius 1 is 1.00 bits per heavy atom. The number of allylic oxidation sites excluding steroid dienone is 2. The summed E-state index contributed by atoms with van der Waals surface area (Å²) in [5, 5.41) is 14.6. The van der Waals surface area contributed by atoms with Crippen LogP contribution in [0.3, 0.4) is 0 Å². The van der Waals surface area contributed by atoms with E-state index in [-0.39, 0.29) is 28.5 Å². The maximum Gasteiger partial charge on any atom is 0.269 e. The summed E-state index contributed by atoms with van der Waals surface area (Å²) in [5.74, 6) is 1.11. The van der Waals surface area contributed by atoms with Crippen LogP contribution in [0, 0.1) is 16.0 Å². The number of fused-ring (bicyclic) bond motifs is 3. The van der Waals surface area contributed by atoms with Crippen LogP contribution in [0.5, 0.6) is 11.5 Å². The van der Waals surface area contributed by atoms with Crippen LogP contribution in [0.25, 0.3) is 0 Å². The molecule has 10 heteroatoms. The number of nitro benzene ring substituents is 1. The van der Waals surface area contributed by atoms with Crippen LogP contribution < -0.4 is 19.5 Å². The van der Waals surface area contributed by atoms with Crippen LogP contribution in [-0.2, 0) is 10.0 Å². The number of sulfonamides is 1. The van der Waals surface area contributed by atoms with Gasteiger partial charge in [-0.05, 0) is 53.8 Å². The van der Waals surface area contributed by atoms with Crippen LogP contribution in [0.1, 0.15) is 29.5 Å². The first-order valence-corrected chi connectivity index (χ1v) is 12.9. The summed E-state index contributed by atoms with van der Waals surface area (Å²) in [7, 11) is -0.859. The molecule has 0 aromatic heterocycles. The van der Waals surface area contributed by atoms with Crippen LogP contribution >= 0.6 is 0 Å². The molecule has 5 rings (SSSR count). The highest BCUT2D eigenvalue weighted by atomic mass is 32.2. The number of methoxy groups -OCH3 is 2. The molecule has 36 heavy (non-hydrogen) atoms. The fraction of sp³-hybridized carbons (Fsp3) is 0.231. The molecule has 1 aliphatic heterocycles. The molecule has 0 radical (unpaired) electrons. The van der Waals surface area contributed by atoms with E-state index in [0.717, 1.165) is 23.2 Å². The van der Waals surface area contributed by atoms with Gasteiger partial charge in [0.15, 0.2) is 11.5 Å². The van der Waals surface area contributed by atoms with E-state index in [1.807, 2.05) is 0 Å². The highest BCUT2D eigenvalue weighted by Gasteiger charge is 2.38. The molecule has 186 valence electrons. The molecular formula is C26H25N3O6S. The first-order valence-electron chi connectivity index (χ1n) is 11.4. The van der Waals surface area contributed by atoms with Crippen molar-refractivity contribution >= 4 is 27.1 Å². The lowest BCUT2D eigenvalue weighted by Crippen LogP contribution is -2.29. The Morgan fingerprint density at radius 2 is 1.75 bits per heavy atom. The van der Waals surface area contributed by atoms with Gasteiger partial charge in [0, 0.05) is 29.8 Å². The lowest BCUT2D eigenvalue weighted by atomic mass is 9.77. The third-order valence-corrected chi connectivity index (χ3v) is 8.12. The summed E-state index contributed by atoms with van der Waals surface area (Å²) < 4.78 is 39.6. The minimum absolute atomic E-state index is 0.0256. The van der Waals surface area contributed by atoms with Gasteiger partial charge in [-0.25, -0.2) is 8.42 Å². The summed E-state index contributed by atoms with van der Waals surface area (Å²) in [6.45, 7) is 0. The van der Waals surface area contributed by atoms with E-state index in [0.29, 0.717) is 17.2 Å². The second-order valence-electron chi connectivity index (χ2n) is 8.75. The minimum atomic E-state index is -3.86. The van der Waals surface area contributed by atoms with Crippen LogP contribution in [-0.4, -0.2) is 27.6 Å². The van der Waals surface area contributed by atoms with Gasteiger partial charge in [0.05, 0.1) is 35.8 Å². The normalized spacial score (nSPS) is 20.1. The highest BCUT2D eigenvalue weighted by molar-refractivity contribution is 7.92. The molecule has 0 amide bonds. The summed E-state index contributed by atoms with van der Waals surface area (Å²) in [6, 6.07) is 16.4. The molecule has 9 nitrogen and oxygen atoms in total. The predicted octanol–water partition coefficient (Wildman–Crippen LogP) is 5.24. The Bertz CT molecular complexity index is 1450. The lowest BCUT2D eigenvalue weighted by molar-refractivity contribution is -0.384. The Kier molecular flexibility index (Phi) is 6.05. The molecule has 1 aliphatic carbocycles. The SMILES string of the molecule is COc1ccc(NS(=O)(=O)c2ccc3c(c2)[C@H]2C=CC[C@H]2[C@@H](c2ccc([N+](=O)[O-])cc2)N3)cc1OC. The Hall–Kier alpha value is -4.05. The molecule has 0 unspecified atom stereocenters. The molecule has 2 N–H and O–H groups in total. The number of hydrogen-bond donors (Lipinski definition) is 2. The largest absolute Gasteiger partial charge is 0.493 e. The summed E-state index contributed by atoms with van der Waals surface area (Å²) >= 11 is 0. The second-order valence-corrected chi connectivity index (χ2v) is 10.4. The predicted molar refractivity (Wildman–Crippen MR) is 136 cm³/mol. The summed E-state index contributed by atoms with van der Waals surface area (Å²) in [4.78, 5) is 10.8. The quantitative estimate of drug-likeness (QED) is 0.255. The van der Waals surface area contributed by atoms with Crippen molar-refractivity contribution in [3.05, 3.63) is 94.1 Å². The van der Waals surface area contributed by atoms with Gasteiger partial charge in [0.1, 0.15) is 0 Å². The van der Waals surface area contributed by atoms with Gasteiger partial charge in [-0.15, -0.1) is 0 Å². The van der Waals surface area contributed by atoms with E-state index < -0.39 is 14.9 Å². The van der Waals surface area contributed by atoms with Gasteiger partial charge in [0.2, 0.25) is 0 Å². The molecule has 0 spiro atoms. The molecule has 3 atom stereocenters. The van der Waals surface area contributed by atoms with E-state index in [1.54, 1.807) is 48.5 Å². The van der Waals surface area contributed by atoms with Gasteiger partial charge >= 0.3 is 0 Å². The number of hydrogen-bond acceptors (Lipinski definition) is 7. The summed E-state index contributed by atoms with van der Waals surface area (Å²) in [6.07, 6.45) is 5.04. The van der Waals surface area contributed by atoms with Crippen molar-refractivity contribution < 1.29 is 22.8 Å². The van der Waals surface area contributed by atoms with E-state index in [1.165, 1.54) is 26.4 Å². The molecule has 0 saturated carbocycles. The van der Waals surface area contributed by atoms with Gasteiger partial charge in [-0.1, -0.05) is 24.3 Å². The average molecular weight is 508 g/mol. The minimum Gasteiger partial charge on any atom is -0.493 e. The Labute approximate surface area is 209 Å². The number of non-ortho nitro benzene ring substituents is 1. The zero-order chi connectivity index (χ0) is 25.4. The van der Waals surface area contributed by atoms with Crippen molar-refractivity contribution in [2.75, 3.05) is 24.3 Å². The number of nitrogens with one attached hydrogen (secondary N) is 2. The smallest absolute Gasteiger partial charge is 0.269 e. The average Bonchev–Trinajstić information content (AvgIpc) is 3.38. The van der Waals surface area contributed by atoms with Gasteiger partial charge in [0.25, 0.3) is 15.7 Å². The van der Waals surface area contributed by atoms with Crippen molar-refractivity contribution in [3.8, 4) is 11.5 Å². The van der Waals surface area contributed by atoms with Gasteiger partial charge < -0.3 is 14.8 Å². The fourth-order valence-corrected chi connectivity index (χ4v) is 6.07. The molecule has 1 heterocycles. The third-order valence-electron chi connectivity index (χ3n) is 6.74. The molecule has 0 bridgehead atoms.